The molecule has 2 rings (SSSR count). The quantitative estimate of drug-likeness (QED) is 0.660. The first-order valence-corrected chi connectivity index (χ1v) is 10.9. The van der Waals surface area contributed by atoms with Gasteiger partial charge in [-0.2, -0.15) is 0 Å². The van der Waals surface area contributed by atoms with Crippen LogP contribution < -0.4 is 5.32 Å². The number of nitrogens with one attached hydrogen (secondary N) is 1. The number of hydrogen-bond donors (Lipinski definition) is 1. The molecule has 1 N–H and O–H groups in total. The van der Waals surface area contributed by atoms with Gasteiger partial charge in [0, 0.05) is 18.3 Å². The van der Waals surface area contributed by atoms with Gasteiger partial charge in [-0.1, -0.05) is 60.7 Å². The summed E-state index contributed by atoms with van der Waals surface area (Å²) < 4.78 is 0. The Morgan fingerprint density at radius 2 is 1.50 bits per heavy atom. The third kappa shape index (κ3) is 7.39. The van der Waals surface area contributed by atoms with Crippen molar-refractivity contribution in [3.8, 4) is 0 Å². The molecule has 28 heavy (non-hydrogen) atoms. The van der Waals surface area contributed by atoms with Gasteiger partial charge in [0.15, 0.2) is 0 Å². The van der Waals surface area contributed by atoms with E-state index >= 15 is 0 Å². The Kier molecular flexibility index (Phi) is 9.08. The predicted molar refractivity (Wildman–Crippen MR) is 117 cm³/mol. The summed E-state index contributed by atoms with van der Waals surface area (Å²) in [5, 5.41) is 2.92. The summed E-state index contributed by atoms with van der Waals surface area (Å²) in [6.07, 6.45) is 0.731. The maximum absolute atomic E-state index is 12.9. The van der Waals surface area contributed by atoms with E-state index in [1.165, 1.54) is 5.56 Å². The molecule has 0 aromatic heterocycles. The molecule has 0 aliphatic carbocycles. The van der Waals surface area contributed by atoms with Crippen molar-refractivity contribution >= 4 is 23.6 Å². The van der Waals surface area contributed by atoms with Gasteiger partial charge in [0.25, 0.3) is 0 Å². The smallest absolute Gasteiger partial charge is 0.242 e. The highest BCUT2D eigenvalue weighted by atomic mass is 32.2. The summed E-state index contributed by atoms with van der Waals surface area (Å²) in [5.41, 5.74) is 2.36. The Balaban J connectivity index is 1.98. The fourth-order valence-electron chi connectivity index (χ4n) is 2.89. The number of nitrogens with zero attached hydrogens (tertiary/aromatic N) is 1. The second-order valence-corrected chi connectivity index (χ2v) is 8.13. The first-order chi connectivity index (χ1) is 13.5. The van der Waals surface area contributed by atoms with E-state index in [1.807, 2.05) is 69.3 Å². The molecule has 0 heterocycles. The molecule has 0 saturated heterocycles. The molecule has 2 amide bonds. The SMILES string of the molecule is CC(C)NC(=O)[C@H](C)N(CCc1ccccc1)C(=O)CSCc1ccccc1. The van der Waals surface area contributed by atoms with E-state index in [0.29, 0.717) is 12.3 Å². The fraction of sp³-hybridized carbons (Fsp3) is 0.391. The van der Waals surface area contributed by atoms with Crippen LogP contribution in [-0.2, 0) is 21.8 Å². The normalized spacial score (nSPS) is 11.9. The zero-order valence-corrected chi connectivity index (χ0v) is 17.7. The summed E-state index contributed by atoms with van der Waals surface area (Å²) >= 11 is 1.58. The van der Waals surface area contributed by atoms with Crippen LogP contribution in [0.25, 0.3) is 0 Å². The molecule has 0 unspecified atom stereocenters. The van der Waals surface area contributed by atoms with Crippen molar-refractivity contribution in [2.45, 2.75) is 45.0 Å². The fourth-order valence-corrected chi connectivity index (χ4v) is 3.76. The molecule has 150 valence electrons. The van der Waals surface area contributed by atoms with Gasteiger partial charge in [0.2, 0.25) is 11.8 Å². The van der Waals surface area contributed by atoms with E-state index < -0.39 is 6.04 Å². The minimum absolute atomic E-state index is 0.00303. The molecule has 0 radical (unpaired) electrons. The van der Waals surface area contributed by atoms with Crippen molar-refractivity contribution in [3.63, 3.8) is 0 Å². The standard InChI is InChI=1S/C23H30N2O2S/c1-18(2)24-23(27)19(3)25(15-14-20-10-6-4-7-11-20)22(26)17-28-16-21-12-8-5-9-13-21/h4-13,18-19H,14-17H2,1-3H3,(H,24,27)/t19-/m0/s1. The Labute approximate surface area is 172 Å². The van der Waals surface area contributed by atoms with E-state index in [0.717, 1.165) is 17.7 Å². The molecule has 5 heteroatoms. The number of amides is 2. The highest BCUT2D eigenvalue weighted by Gasteiger charge is 2.25. The average Bonchev–Trinajstić information content (AvgIpc) is 2.69. The molecule has 4 nitrogen and oxygen atoms in total. The third-order valence-corrected chi connectivity index (χ3v) is 5.41. The number of carbonyl (C=O) groups is 2. The van der Waals surface area contributed by atoms with E-state index in [9.17, 15) is 9.59 Å². The van der Waals surface area contributed by atoms with E-state index in [4.69, 9.17) is 0 Å². The summed E-state index contributed by atoms with van der Waals surface area (Å²) in [7, 11) is 0. The molecular formula is C23H30N2O2S. The lowest BCUT2D eigenvalue weighted by Crippen LogP contribution is -2.50. The largest absolute Gasteiger partial charge is 0.352 e. The van der Waals surface area contributed by atoms with Crippen molar-refractivity contribution in [2.24, 2.45) is 0 Å². The number of rotatable bonds is 10. The van der Waals surface area contributed by atoms with Gasteiger partial charge < -0.3 is 10.2 Å². The lowest BCUT2D eigenvalue weighted by atomic mass is 10.1. The van der Waals surface area contributed by atoms with Crippen molar-refractivity contribution in [3.05, 3.63) is 71.8 Å². The zero-order valence-electron chi connectivity index (χ0n) is 16.9. The van der Waals surface area contributed by atoms with E-state index in [-0.39, 0.29) is 17.9 Å². The summed E-state index contributed by atoms with van der Waals surface area (Å²) in [6, 6.07) is 19.7. The lowest BCUT2D eigenvalue weighted by Gasteiger charge is -2.29. The molecular weight excluding hydrogens is 368 g/mol. The predicted octanol–water partition coefficient (Wildman–Crippen LogP) is 3.90. The highest BCUT2D eigenvalue weighted by molar-refractivity contribution is 7.99. The van der Waals surface area contributed by atoms with Gasteiger partial charge in [-0.3, -0.25) is 9.59 Å². The van der Waals surface area contributed by atoms with Crippen LogP contribution in [-0.4, -0.2) is 41.1 Å². The first-order valence-electron chi connectivity index (χ1n) is 9.73. The molecule has 2 aromatic rings. The number of benzene rings is 2. The molecule has 1 atom stereocenters. The summed E-state index contributed by atoms with van der Waals surface area (Å²) in [4.78, 5) is 27.1. The molecule has 0 aliphatic rings. The Morgan fingerprint density at radius 3 is 2.07 bits per heavy atom. The number of carbonyl (C=O) groups excluding carboxylic acids is 2. The van der Waals surface area contributed by atoms with Crippen LogP contribution in [0.4, 0.5) is 0 Å². The van der Waals surface area contributed by atoms with Crippen LogP contribution in [0.2, 0.25) is 0 Å². The Hall–Kier alpha value is -2.27. The van der Waals surface area contributed by atoms with Gasteiger partial charge in [-0.05, 0) is 38.3 Å². The molecule has 0 fully saturated rings. The molecule has 0 aliphatic heterocycles. The minimum atomic E-state index is -0.490. The van der Waals surface area contributed by atoms with Gasteiger partial charge >= 0.3 is 0 Å². The second kappa shape index (κ2) is 11.5. The van der Waals surface area contributed by atoms with Crippen molar-refractivity contribution in [2.75, 3.05) is 12.3 Å². The van der Waals surface area contributed by atoms with Crippen LogP contribution in [0, 0.1) is 0 Å². The molecule has 0 saturated carbocycles. The van der Waals surface area contributed by atoms with Gasteiger partial charge in [0.1, 0.15) is 6.04 Å². The summed E-state index contributed by atoms with van der Waals surface area (Å²) in [5.74, 6) is 1.04. The highest BCUT2D eigenvalue weighted by Crippen LogP contribution is 2.14. The Morgan fingerprint density at radius 1 is 0.929 bits per heavy atom. The van der Waals surface area contributed by atoms with Gasteiger partial charge in [-0.25, -0.2) is 0 Å². The topological polar surface area (TPSA) is 49.4 Å². The monoisotopic (exact) mass is 398 g/mol. The average molecular weight is 399 g/mol. The maximum Gasteiger partial charge on any atom is 0.242 e. The third-order valence-electron chi connectivity index (χ3n) is 4.42. The van der Waals surface area contributed by atoms with Crippen LogP contribution in [0.5, 0.6) is 0 Å². The lowest BCUT2D eigenvalue weighted by molar-refractivity contribution is -0.138. The van der Waals surface area contributed by atoms with E-state index in [1.54, 1.807) is 16.7 Å². The van der Waals surface area contributed by atoms with Crippen molar-refractivity contribution in [1.29, 1.82) is 0 Å². The van der Waals surface area contributed by atoms with Gasteiger partial charge in [0.05, 0.1) is 5.75 Å². The van der Waals surface area contributed by atoms with Crippen molar-refractivity contribution in [1.82, 2.24) is 10.2 Å². The van der Waals surface area contributed by atoms with Crippen LogP contribution in [0.3, 0.4) is 0 Å². The summed E-state index contributed by atoms with van der Waals surface area (Å²) in [6.45, 7) is 6.19. The van der Waals surface area contributed by atoms with Crippen LogP contribution >= 0.6 is 11.8 Å². The van der Waals surface area contributed by atoms with E-state index in [2.05, 4.69) is 17.4 Å². The molecule has 2 aromatic carbocycles. The number of thioether (sulfide) groups is 1. The van der Waals surface area contributed by atoms with Gasteiger partial charge in [-0.15, -0.1) is 11.8 Å². The zero-order chi connectivity index (χ0) is 20.4. The molecule has 0 spiro atoms. The van der Waals surface area contributed by atoms with Crippen LogP contribution in [0.1, 0.15) is 31.9 Å². The number of hydrogen-bond acceptors (Lipinski definition) is 3. The minimum Gasteiger partial charge on any atom is -0.352 e. The van der Waals surface area contributed by atoms with Crippen molar-refractivity contribution < 1.29 is 9.59 Å². The Bertz CT molecular complexity index is 735. The second-order valence-electron chi connectivity index (χ2n) is 7.14. The first kappa shape index (κ1) is 22.0. The maximum atomic E-state index is 12.9. The molecule has 0 bridgehead atoms. The van der Waals surface area contributed by atoms with Crippen LogP contribution in [0.15, 0.2) is 60.7 Å².